The SMILES string of the molecule is S.[O]c1ccc2ccccc2c1. The van der Waals surface area contributed by atoms with Gasteiger partial charge in [0.2, 0.25) is 0 Å². The van der Waals surface area contributed by atoms with Gasteiger partial charge in [-0.25, -0.2) is 0 Å². The van der Waals surface area contributed by atoms with Gasteiger partial charge in [-0.1, -0.05) is 30.3 Å². The van der Waals surface area contributed by atoms with Crippen LogP contribution >= 0.6 is 13.5 Å². The largest absolute Gasteiger partial charge is 0.290 e. The fraction of sp³-hybridized carbons (Fsp3) is 0. The standard InChI is InChI=1S/C10H7O.H2S/c11-10-6-5-8-3-1-2-4-9(8)7-10;/h1-7H;1H2. The summed E-state index contributed by atoms with van der Waals surface area (Å²) in [4.78, 5) is 0. The maximum Gasteiger partial charge on any atom is 0.179 e. The van der Waals surface area contributed by atoms with E-state index in [0.717, 1.165) is 10.8 Å². The van der Waals surface area contributed by atoms with E-state index in [-0.39, 0.29) is 19.2 Å². The Balaban J connectivity index is 0.000000720. The van der Waals surface area contributed by atoms with E-state index < -0.39 is 0 Å². The number of benzene rings is 2. The van der Waals surface area contributed by atoms with Gasteiger partial charge in [-0.2, -0.15) is 13.5 Å². The van der Waals surface area contributed by atoms with Crippen molar-refractivity contribution >= 4 is 24.3 Å². The Morgan fingerprint density at radius 2 is 1.50 bits per heavy atom. The minimum atomic E-state index is 0. The van der Waals surface area contributed by atoms with Crippen molar-refractivity contribution in [3.8, 4) is 5.75 Å². The predicted molar refractivity (Wildman–Crippen MR) is 54.5 cm³/mol. The molecule has 0 aliphatic heterocycles. The zero-order valence-electron chi connectivity index (χ0n) is 6.45. The van der Waals surface area contributed by atoms with Gasteiger partial charge in [-0.15, -0.1) is 0 Å². The van der Waals surface area contributed by atoms with Crippen LogP contribution < -0.4 is 0 Å². The van der Waals surface area contributed by atoms with Crippen LogP contribution in [0.5, 0.6) is 5.75 Å². The summed E-state index contributed by atoms with van der Waals surface area (Å²) in [6.07, 6.45) is 0. The molecule has 0 bridgehead atoms. The van der Waals surface area contributed by atoms with Crippen LogP contribution in [-0.4, -0.2) is 0 Å². The first kappa shape index (κ1) is 8.94. The summed E-state index contributed by atoms with van der Waals surface area (Å²) < 4.78 is 0. The van der Waals surface area contributed by atoms with Gasteiger partial charge in [0.15, 0.2) is 5.75 Å². The lowest BCUT2D eigenvalue weighted by Crippen LogP contribution is -1.68. The zero-order valence-corrected chi connectivity index (χ0v) is 7.45. The third kappa shape index (κ3) is 1.53. The molecule has 0 unspecified atom stereocenters. The normalized spacial score (nSPS) is 9.33. The Morgan fingerprint density at radius 1 is 0.833 bits per heavy atom. The highest BCUT2D eigenvalue weighted by atomic mass is 32.1. The summed E-state index contributed by atoms with van der Waals surface area (Å²) >= 11 is 0. The Bertz CT molecular complexity index is 384. The summed E-state index contributed by atoms with van der Waals surface area (Å²) in [6.45, 7) is 0. The summed E-state index contributed by atoms with van der Waals surface area (Å²) in [5, 5.41) is 13.0. The lowest BCUT2D eigenvalue weighted by molar-refractivity contribution is 0.355. The molecule has 1 radical (unpaired) electrons. The lowest BCUT2D eigenvalue weighted by Gasteiger charge is -1.94. The van der Waals surface area contributed by atoms with E-state index in [9.17, 15) is 5.11 Å². The maximum absolute atomic E-state index is 10.9. The van der Waals surface area contributed by atoms with Gasteiger partial charge >= 0.3 is 0 Å². The van der Waals surface area contributed by atoms with Gasteiger partial charge < -0.3 is 0 Å². The molecule has 0 heterocycles. The minimum absolute atomic E-state index is 0. The van der Waals surface area contributed by atoms with Gasteiger partial charge in [0, 0.05) is 0 Å². The second-order valence-electron chi connectivity index (χ2n) is 2.51. The molecule has 0 spiro atoms. The Labute approximate surface area is 78.1 Å². The minimum Gasteiger partial charge on any atom is -0.290 e. The molecule has 0 saturated carbocycles. The van der Waals surface area contributed by atoms with Crippen molar-refractivity contribution in [1.29, 1.82) is 0 Å². The molecule has 1 nitrogen and oxygen atoms in total. The average molecular weight is 177 g/mol. The van der Waals surface area contributed by atoms with E-state index in [1.165, 1.54) is 0 Å². The fourth-order valence-corrected chi connectivity index (χ4v) is 1.17. The van der Waals surface area contributed by atoms with Crippen LogP contribution in [0.25, 0.3) is 10.8 Å². The van der Waals surface area contributed by atoms with Crippen molar-refractivity contribution in [3.05, 3.63) is 42.5 Å². The van der Waals surface area contributed by atoms with Crippen molar-refractivity contribution in [1.82, 2.24) is 0 Å². The number of hydrogen-bond donors (Lipinski definition) is 0. The molecule has 2 rings (SSSR count). The molecule has 0 N–H and O–H groups in total. The van der Waals surface area contributed by atoms with E-state index in [4.69, 9.17) is 0 Å². The van der Waals surface area contributed by atoms with Gasteiger partial charge in [0.05, 0.1) is 0 Å². The van der Waals surface area contributed by atoms with E-state index in [1.807, 2.05) is 30.3 Å². The maximum atomic E-state index is 10.9. The van der Waals surface area contributed by atoms with Crippen molar-refractivity contribution in [2.24, 2.45) is 0 Å². The van der Waals surface area contributed by atoms with Crippen molar-refractivity contribution in [3.63, 3.8) is 0 Å². The van der Waals surface area contributed by atoms with Gasteiger partial charge in [-0.3, -0.25) is 5.11 Å². The zero-order chi connectivity index (χ0) is 7.68. The highest BCUT2D eigenvalue weighted by molar-refractivity contribution is 7.59. The molecule has 0 aliphatic carbocycles. The molecule has 0 aromatic heterocycles. The monoisotopic (exact) mass is 177 g/mol. The molecule has 0 fully saturated rings. The summed E-state index contributed by atoms with van der Waals surface area (Å²) in [7, 11) is 0. The smallest absolute Gasteiger partial charge is 0.179 e. The van der Waals surface area contributed by atoms with E-state index in [0.29, 0.717) is 0 Å². The van der Waals surface area contributed by atoms with Gasteiger partial charge in [-0.05, 0) is 22.9 Å². The van der Waals surface area contributed by atoms with Gasteiger partial charge in [0.1, 0.15) is 0 Å². The van der Waals surface area contributed by atoms with Crippen LogP contribution in [0, 0.1) is 0 Å². The predicted octanol–water partition coefficient (Wildman–Crippen LogP) is 3.10. The van der Waals surface area contributed by atoms with E-state index in [1.54, 1.807) is 12.1 Å². The summed E-state index contributed by atoms with van der Waals surface area (Å²) in [5.41, 5.74) is 0. The second kappa shape index (κ2) is 3.50. The summed E-state index contributed by atoms with van der Waals surface area (Å²) in [6, 6.07) is 12.9. The molecule has 61 valence electrons. The molecule has 0 amide bonds. The Kier molecular flexibility index (Phi) is 2.61. The molecule has 2 aromatic carbocycles. The molecule has 0 atom stereocenters. The number of fused-ring (bicyclic) bond motifs is 1. The Hall–Kier alpha value is -1.15. The molecule has 0 saturated heterocycles. The van der Waals surface area contributed by atoms with E-state index in [2.05, 4.69) is 0 Å². The van der Waals surface area contributed by atoms with E-state index >= 15 is 0 Å². The first-order chi connectivity index (χ1) is 5.36. The van der Waals surface area contributed by atoms with Gasteiger partial charge in [0.25, 0.3) is 0 Å². The summed E-state index contributed by atoms with van der Waals surface area (Å²) in [5.74, 6) is 0.0729. The quantitative estimate of drug-likeness (QED) is 0.589. The van der Waals surface area contributed by atoms with Crippen LogP contribution in [0.1, 0.15) is 0 Å². The van der Waals surface area contributed by atoms with Crippen LogP contribution in [0.15, 0.2) is 42.5 Å². The third-order valence-electron chi connectivity index (χ3n) is 1.72. The average Bonchev–Trinajstić information content (AvgIpc) is 2.04. The highest BCUT2D eigenvalue weighted by Crippen LogP contribution is 2.19. The number of rotatable bonds is 0. The third-order valence-corrected chi connectivity index (χ3v) is 1.72. The first-order valence-corrected chi connectivity index (χ1v) is 3.52. The Morgan fingerprint density at radius 3 is 2.25 bits per heavy atom. The van der Waals surface area contributed by atoms with Crippen LogP contribution in [0.2, 0.25) is 0 Å². The molecule has 2 heteroatoms. The fourth-order valence-electron chi connectivity index (χ4n) is 1.17. The second-order valence-corrected chi connectivity index (χ2v) is 2.51. The van der Waals surface area contributed by atoms with Crippen LogP contribution in [0.4, 0.5) is 0 Å². The van der Waals surface area contributed by atoms with Crippen molar-refractivity contribution in [2.75, 3.05) is 0 Å². The number of hydrogen-bond acceptors (Lipinski definition) is 0. The molecular weight excluding hydrogens is 168 g/mol. The molecule has 0 aliphatic rings. The first-order valence-electron chi connectivity index (χ1n) is 3.52. The topological polar surface area (TPSA) is 19.9 Å². The molecular formula is C10H9OS. The molecule has 2 aromatic rings. The molecule has 12 heavy (non-hydrogen) atoms. The van der Waals surface area contributed by atoms with Crippen molar-refractivity contribution in [2.45, 2.75) is 0 Å². The van der Waals surface area contributed by atoms with Crippen molar-refractivity contribution < 1.29 is 5.11 Å². The van der Waals surface area contributed by atoms with Crippen LogP contribution in [0.3, 0.4) is 0 Å². The van der Waals surface area contributed by atoms with Crippen LogP contribution in [-0.2, 0) is 5.11 Å². The lowest BCUT2D eigenvalue weighted by atomic mass is 10.1. The highest BCUT2D eigenvalue weighted by Gasteiger charge is 1.92.